The Labute approximate surface area is 236 Å². The zero-order chi connectivity index (χ0) is 29.1. The van der Waals surface area contributed by atoms with Gasteiger partial charge in [0.05, 0.1) is 30.0 Å². The third-order valence-electron chi connectivity index (χ3n) is 8.22. The van der Waals surface area contributed by atoms with Crippen molar-refractivity contribution in [1.29, 1.82) is 5.26 Å². The SMILES string of the molecule is C[C@@H](OC1CC1)[C@H](NC(=O)C(F)(F)F)C(=O)N1C[C@H]2[C@@H]([C@H]1C(=O)NC(C#N)c1cnn3cccc(Br)c13)C2(C)C. The molecule has 0 bridgehead atoms. The van der Waals surface area contributed by atoms with Gasteiger partial charge in [-0.05, 0) is 65.1 Å². The Hall–Kier alpha value is -3.18. The monoisotopic (exact) mass is 624 g/mol. The Morgan fingerprint density at radius 2 is 1.98 bits per heavy atom. The standard InChI is InChI=1S/C26H28BrF3N6O4/c1-12(40-13-6-7-13)19(34-24(39)26(28,29)30)23(38)35-11-15-18(25(15,2)3)21(35)22(37)33-17(9-31)14-10-32-36-8-4-5-16(27)20(14)36/h4-5,8,10,12-13,15,17-19,21H,6-7,11H2,1-3H3,(H,33,37)(H,34,39)/t12-,15+,17?,18+,19+,21+/m1/s1. The molecule has 6 atom stereocenters. The van der Waals surface area contributed by atoms with Gasteiger partial charge < -0.3 is 20.3 Å². The van der Waals surface area contributed by atoms with E-state index in [-0.39, 0.29) is 29.9 Å². The van der Waals surface area contributed by atoms with Gasteiger partial charge in [-0.15, -0.1) is 0 Å². The predicted octanol–water partition coefficient (Wildman–Crippen LogP) is 2.88. The maximum Gasteiger partial charge on any atom is 0.471 e. The molecule has 14 heteroatoms. The van der Waals surface area contributed by atoms with Gasteiger partial charge in [-0.25, -0.2) is 4.52 Å². The van der Waals surface area contributed by atoms with Crippen LogP contribution in [0.1, 0.15) is 45.2 Å². The lowest BCUT2D eigenvalue weighted by atomic mass is 9.98. The number of amides is 3. The van der Waals surface area contributed by atoms with Crippen molar-refractivity contribution < 1.29 is 32.3 Å². The molecule has 1 aliphatic heterocycles. The molecule has 0 spiro atoms. The number of hydrogen-bond donors (Lipinski definition) is 2. The summed E-state index contributed by atoms with van der Waals surface area (Å²) >= 11 is 3.44. The minimum absolute atomic E-state index is 0.0718. The second kappa shape index (κ2) is 10.0. The quantitative estimate of drug-likeness (QED) is 0.465. The average molecular weight is 625 g/mol. The van der Waals surface area contributed by atoms with E-state index in [4.69, 9.17) is 4.74 Å². The van der Waals surface area contributed by atoms with E-state index in [0.717, 1.165) is 0 Å². The maximum absolute atomic E-state index is 13.7. The van der Waals surface area contributed by atoms with Crippen molar-refractivity contribution in [2.45, 2.75) is 70.1 Å². The van der Waals surface area contributed by atoms with Crippen LogP contribution in [0.4, 0.5) is 13.2 Å². The van der Waals surface area contributed by atoms with Crippen molar-refractivity contribution >= 4 is 39.2 Å². The second-order valence-corrected chi connectivity index (χ2v) is 12.1. The van der Waals surface area contributed by atoms with Crippen LogP contribution in [0.3, 0.4) is 0 Å². The number of pyridine rings is 1. The second-order valence-electron chi connectivity index (χ2n) is 11.2. The lowest BCUT2D eigenvalue weighted by Gasteiger charge is -2.35. The highest BCUT2D eigenvalue weighted by Gasteiger charge is 2.69. The van der Waals surface area contributed by atoms with Crippen LogP contribution in [-0.2, 0) is 19.1 Å². The molecule has 3 heterocycles. The molecule has 3 fully saturated rings. The first-order chi connectivity index (χ1) is 18.8. The fourth-order valence-electron chi connectivity index (χ4n) is 5.82. The number of nitrogens with one attached hydrogen (secondary N) is 2. The lowest BCUT2D eigenvalue weighted by Crippen LogP contribution is -2.60. The summed E-state index contributed by atoms with van der Waals surface area (Å²) in [7, 11) is 0. The van der Waals surface area contributed by atoms with E-state index in [1.54, 1.807) is 28.2 Å². The molecule has 40 heavy (non-hydrogen) atoms. The van der Waals surface area contributed by atoms with E-state index in [2.05, 4.69) is 32.4 Å². The van der Waals surface area contributed by atoms with E-state index >= 15 is 0 Å². The van der Waals surface area contributed by atoms with Crippen LogP contribution >= 0.6 is 15.9 Å². The highest BCUT2D eigenvalue weighted by molar-refractivity contribution is 9.10. The normalized spacial score (nSPS) is 25.4. The Morgan fingerprint density at radius 3 is 2.60 bits per heavy atom. The number of alkyl halides is 3. The number of nitrogens with zero attached hydrogens (tertiary/aromatic N) is 4. The molecule has 0 radical (unpaired) electrons. The smallest absolute Gasteiger partial charge is 0.373 e. The molecule has 3 amide bonds. The van der Waals surface area contributed by atoms with Gasteiger partial charge in [-0.1, -0.05) is 13.8 Å². The van der Waals surface area contributed by atoms with Crippen LogP contribution in [-0.4, -0.2) is 69.2 Å². The van der Waals surface area contributed by atoms with E-state index in [0.29, 0.717) is 28.4 Å². The molecule has 3 aliphatic rings. The summed E-state index contributed by atoms with van der Waals surface area (Å²) in [5.41, 5.74) is 0.724. The molecule has 10 nitrogen and oxygen atoms in total. The van der Waals surface area contributed by atoms with E-state index in [9.17, 15) is 32.8 Å². The zero-order valence-corrected chi connectivity index (χ0v) is 23.5. The summed E-state index contributed by atoms with van der Waals surface area (Å²) in [6.45, 7) is 5.47. The van der Waals surface area contributed by atoms with Crippen molar-refractivity contribution in [3.8, 4) is 6.07 Å². The van der Waals surface area contributed by atoms with Crippen LogP contribution in [0.15, 0.2) is 29.0 Å². The summed E-state index contributed by atoms with van der Waals surface area (Å²) in [6, 6.07) is 1.79. The fraction of sp³-hybridized carbons (Fsp3) is 0.577. The molecule has 2 aromatic rings. The van der Waals surface area contributed by atoms with Crippen LogP contribution in [0.5, 0.6) is 0 Å². The van der Waals surface area contributed by atoms with Gasteiger partial charge >= 0.3 is 12.1 Å². The number of likely N-dealkylation sites (tertiary alicyclic amines) is 1. The Bertz CT molecular complexity index is 1400. The highest BCUT2D eigenvalue weighted by Crippen LogP contribution is 2.65. The van der Waals surface area contributed by atoms with Gasteiger partial charge in [0, 0.05) is 22.8 Å². The summed E-state index contributed by atoms with van der Waals surface area (Å²) in [5.74, 6) is -4.05. The van der Waals surface area contributed by atoms with Gasteiger partial charge in [-0.3, -0.25) is 14.4 Å². The molecule has 0 aromatic carbocycles. The summed E-state index contributed by atoms with van der Waals surface area (Å²) in [5, 5.41) is 18.7. The molecule has 2 saturated carbocycles. The van der Waals surface area contributed by atoms with Crippen LogP contribution in [0.2, 0.25) is 0 Å². The largest absolute Gasteiger partial charge is 0.471 e. The Kier molecular flexibility index (Phi) is 7.11. The van der Waals surface area contributed by atoms with Gasteiger partial charge in [0.25, 0.3) is 0 Å². The molecule has 214 valence electrons. The number of hydrogen-bond acceptors (Lipinski definition) is 6. The van der Waals surface area contributed by atoms with Crippen molar-refractivity contribution in [3.63, 3.8) is 0 Å². The van der Waals surface area contributed by atoms with Crippen molar-refractivity contribution in [3.05, 3.63) is 34.6 Å². The number of fused-ring (bicyclic) bond motifs is 2. The third kappa shape index (κ3) is 5.05. The van der Waals surface area contributed by atoms with Gasteiger partial charge in [0.15, 0.2) is 0 Å². The molecule has 2 N–H and O–H groups in total. The fourth-order valence-corrected chi connectivity index (χ4v) is 6.39. The molecule has 5 rings (SSSR count). The highest BCUT2D eigenvalue weighted by atomic mass is 79.9. The summed E-state index contributed by atoms with van der Waals surface area (Å²) in [4.78, 5) is 40.6. The number of nitriles is 1. The number of carbonyl (C=O) groups is 3. The van der Waals surface area contributed by atoms with Crippen molar-refractivity contribution in [2.75, 3.05) is 6.54 Å². The first-order valence-corrected chi connectivity index (χ1v) is 13.7. The summed E-state index contributed by atoms with van der Waals surface area (Å²) < 4.78 is 47.3. The minimum atomic E-state index is -5.20. The molecule has 2 aromatic heterocycles. The first kappa shape index (κ1) is 28.4. The topological polar surface area (TPSA) is 129 Å². The minimum Gasteiger partial charge on any atom is -0.373 e. The number of carbonyl (C=O) groups excluding carboxylic acids is 3. The number of rotatable bonds is 8. The van der Waals surface area contributed by atoms with E-state index in [1.165, 1.54) is 18.0 Å². The van der Waals surface area contributed by atoms with Crippen LogP contribution < -0.4 is 10.6 Å². The average Bonchev–Trinajstić information content (AvgIpc) is 3.63. The number of aromatic nitrogens is 2. The summed E-state index contributed by atoms with van der Waals surface area (Å²) in [6.07, 6.45) is -1.87. The molecule has 1 saturated heterocycles. The van der Waals surface area contributed by atoms with Crippen LogP contribution in [0, 0.1) is 28.6 Å². The number of ether oxygens (including phenoxy) is 1. The van der Waals surface area contributed by atoms with E-state index < -0.39 is 48.1 Å². The van der Waals surface area contributed by atoms with Crippen molar-refractivity contribution in [2.24, 2.45) is 17.3 Å². The van der Waals surface area contributed by atoms with Crippen molar-refractivity contribution in [1.82, 2.24) is 25.1 Å². The Morgan fingerprint density at radius 1 is 1.27 bits per heavy atom. The molecule has 2 aliphatic carbocycles. The van der Waals surface area contributed by atoms with Crippen LogP contribution in [0.25, 0.3) is 5.52 Å². The number of piperidine rings is 1. The van der Waals surface area contributed by atoms with Gasteiger partial charge in [-0.2, -0.15) is 23.5 Å². The predicted molar refractivity (Wildman–Crippen MR) is 137 cm³/mol. The number of halogens is 4. The molecular weight excluding hydrogens is 597 g/mol. The van der Waals surface area contributed by atoms with Gasteiger partial charge in [0.1, 0.15) is 18.1 Å². The lowest BCUT2D eigenvalue weighted by molar-refractivity contribution is -0.176. The molecule has 1 unspecified atom stereocenters. The maximum atomic E-state index is 13.7. The zero-order valence-electron chi connectivity index (χ0n) is 21.9. The van der Waals surface area contributed by atoms with Gasteiger partial charge in [0.2, 0.25) is 11.8 Å². The Balaban J connectivity index is 1.41. The third-order valence-corrected chi connectivity index (χ3v) is 8.86. The molecular formula is C26H28BrF3N6O4. The van der Waals surface area contributed by atoms with E-state index in [1.807, 2.05) is 13.8 Å². The first-order valence-electron chi connectivity index (χ1n) is 12.9.